The Bertz CT molecular complexity index is 533. The monoisotopic (exact) mass is 325 g/mol. The number of carbonyl (C=O) groups is 3. The molecule has 2 atom stereocenters. The molecular formula is C11H16FNO7S. The van der Waals surface area contributed by atoms with Crippen LogP contribution in [0.2, 0.25) is 0 Å². The Hall–Kier alpha value is -1.71. The number of nitrogens with zero attached hydrogens (tertiary/aromatic N) is 1. The fraction of sp³-hybridized carbons (Fsp3) is 0.727. The molecule has 1 fully saturated rings. The van der Waals surface area contributed by atoms with Crippen molar-refractivity contribution < 1.29 is 36.5 Å². The van der Waals surface area contributed by atoms with Crippen molar-refractivity contribution in [2.45, 2.75) is 25.3 Å². The highest BCUT2D eigenvalue weighted by Crippen LogP contribution is 2.24. The van der Waals surface area contributed by atoms with Crippen LogP contribution in [0.1, 0.15) is 19.3 Å². The third kappa shape index (κ3) is 5.29. The van der Waals surface area contributed by atoms with Gasteiger partial charge in [0.25, 0.3) is 0 Å². The van der Waals surface area contributed by atoms with E-state index in [9.17, 15) is 26.7 Å². The molecule has 0 aromatic heterocycles. The highest BCUT2D eigenvalue weighted by Gasteiger charge is 2.39. The van der Waals surface area contributed by atoms with E-state index in [1.165, 1.54) is 0 Å². The zero-order valence-corrected chi connectivity index (χ0v) is 12.1. The summed E-state index contributed by atoms with van der Waals surface area (Å²) in [6, 6.07) is -1.26. The number of halogens is 1. The molecule has 1 rings (SSSR count). The molecule has 0 aromatic carbocycles. The molecule has 0 aromatic rings. The van der Waals surface area contributed by atoms with E-state index in [1.54, 1.807) is 0 Å². The number of carboxylic acid groups (broad SMARTS) is 1. The smallest absolute Gasteiger partial charge is 0.326 e. The number of ether oxygens (including phenoxy) is 1. The summed E-state index contributed by atoms with van der Waals surface area (Å²) < 4.78 is 38.2. The number of esters is 1. The number of hydrogen-bond acceptors (Lipinski definition) is 6. The van der Waals surface area contributed by atoms with E-state index in [0.717, 1.165) is 12.0 Å². The summed E-state index contributed by atoms with van der Waals surface area (Å²) in [6.07, 6.45) is -0.572. The molecule has 1 aliphatic rings. The standard InChI is InChI=1S/C11H16FNO7S/c1-20-10(15)3-2-8(11(16)17)13-5-7(4-9(13)14)6-21(12,18)19/h7-8H,2-6H2,1H3,(H,16,17)/t7?,8-/m0/s1. The van der Waals surface area contributed by atoms with E-state index in [-0.39, 0.29) is 25.8 Å². The lowest BCUT2D eigenvalue weighted by Crippen LogP contribution is -2.42. The number of methoxy groups -OCH3 is 1. The summed E-state index contributed by atoms with van der Waals surface area (Å²) in [5, 5.41) is 9.12. The largest absolute Gasteiger partial charge is 0.480 e. The molecule has 0 spiro atoms. The first-order valence-corrected chi connectivity index (χ1v) is 7.70. The molecule has 10 heteroatoms. The molecule has 1 heterocycles. The van der Waals surface area contributed by atoms with Gasteiger partial charge in [0.05, 0.1) is 12.9 Å². The van der Waals surface area contributed by atoms with Crippen LogP contribution in [-0.4, -0.2) is 61.7 Å². The zero-order chi connectivity index (χ0) is 16.2. The van der Waals surface area contributed by atoms with Crippen molar-refractivity contribution in [3.8, 4) is 0 Å². The van der Waals surface area contributed by atoms with Crippen LogP contribution in [-0.2, 0) is 29.3 Å². The van der Waals surface area contributed by atoms with E-state index in [2.05, 4.69) is 4.74 Å². The Morgan fingerprint density at radius 1 is 1.52 bits per heavy atom. The summed E-state index contributed by atoms with van der Waals surface area (Å²) in [6.45, 7) is -0.167. The molecule has 21 heavy (non-hydrogen) atoms. The van der Waals surface area contributed by atoms with Crippen molar-refractivity contribution in [2.24, 2.45) is 5.92 Å². The highest BCUT2D eigenvalue weighted by atomic mass is 32.3. The summed E-state index contributed by atoms with van der Waals surface area (Å²) >= 11 is 0. The Morgan fingerprint density at radius 3 is 2.62 bits per heavy atom. The highest BCUT2D eigenvalue weighted by molar-refractivity contribution is 7.86. The Morgan fingerprint density at radius 2 is 2.14 bits per heavy atom. The number of hydrogen-bond donors (Lipinski definition) is 1. The average molecular weight is 325 g/mol. The van der Waals surface area contributed by atoms with Crippen LogP contribution in [0.25, 0.3) is 0 Å². The maximum atomic E-state index is 12.6. The lowest BCUT2D eigenvalue weighted by molar-refractivity contribution is -0.149. The van der Waals surface area contributed by atoms with Crippen molar-refractivity contribution in [1.82, 2.24) is 4.90 Å². The fourth-order valence-electron chi connectivity index (χ4n) is 2.27. The van der Waals surface area contributed by atoms with E-state index in [1.807, 2.05) is 0 Å². The third-order valence-corrected chi connectivity index (χ3v) is 4.05. The van der Waals surface area contributed by atoms with Crippen LogP contribution in [0.3, 0.4) is 0 Å². The van der Waals surface area contributed by atoms with Gasteiger partial charge in [-0.25, -0.2) is 4.79 Å². The first-order chi connectivity index (χ1) is 9.64. The molecule has 0 aliphatic carbocycles. The van der Waals surface area contributed by atoms with Gasteiger partial charge >= 0.3 is 22.2 Å². The van der Waals surface area contributed by atoms with Crippen molar-refractivity contribution in [3.05, 3.63) is 0 Å². The molecule has 0 radical (unpaired) electrons. The van der Waals surface area contributed by atoms with Gasteiger partial charge in [-0.1, -0.05) is 0 Å². The maximum Gasteiger partial charge on any atom is 0.326 e. The molecule has 120 valence electrons. The number of carboxylic acids is 1. The molecule has 0 saturated carbocycles. The van der Waals surface area contributed by atoms with Crippen LogP contribution in [0, 0.1) is 5.92 Å². The van der Waals surface area contributed by atoms with Gasteiger partial charge in [-0.3, -0.25) is 9.59 Å². The van der Waals surface area contributed by atoms with Crippen molar-refractivity contribution >= 4 is 28.1 Å². The first-order valence-electron chi connectivity index (χ1n) is 6.15. The number of rotatable bonds is 7. The number of carbonyl (C=O) groups excluding carboxylic acids is 2. The number of aliphatic carboxylic acids is 1. The summed E-state index contributed by atoms with van der Waals surface area (Å²) in [5.74, 6) is -4.10. The van der Waals surface area contributed by atoms with Gasteiger partial charge in [-0.15, -0.1) is 3.89 Å². The molecule has 1 saturated heterocycles. The Labute approximate surface area is 121 Å². The fourth-order valence-corrected chi connectivity index (χ4v) is 3.06. The topological polar surface area (TPSA) is 118 Å². The minimum Gasteiger partial charge on any atom is -0.480 e. The van der Waals surface area contributed by atoms with Gasteiger partial charge in [0.15, 0.2) is 0 Å². The molecule has 1 amide bonds. The average Bonchev–Trinajstić information content (AvgIpc) is 2.67. The van der Waals surface area contributed by atoms with E-state index >= 15 is 0 Å². The third-order valence-electron chi connectivity index (χ3n) is 3.18. The molecule has 1 aliphatic heterocycles. The predicted octanol–water partition coefficient (Wildman–Crippen LogP) is -0.459. The molecule has 1 unspecified atom stereocenters. The van der Waals surface area contributed by atoms with Crippen LogP contribution in [0.5, 0.6) is 0 Å². The van der Waals surface area contributed by atoms with Gasteiger partial charge in [0, 0.05) is 25.3 Å². The molecule has 1 N–H and O–H groups in total. The van der Waals surface area contributed by atoms with Crippen molar-refractivity contribution in [3.63, 3.8) is 0 Å². The number of likely N-dealkylation sites (tertiary alicyclic amines) is 1. The lowest BCUT2D eigenvalue weighted by Gasteiger charge is -2.24. The summed E-state index contributed by atoms with van der Waals surface area (Å²) in [4.78, 5) is 35.0. The second-order valence-corrected chi connectivity index (χ2v) is 6.20. The number of amides is 1. The summed E-state index contributed by atoms with van der Waals surface area (Å²) in [7, 11) is -3.58. The van der Waals surface area contributed by atoms with Crippen LogP contribution in [0.4, 0.5) is 3.89 Å². The van der Waals surface area contributed by atoms with Gasteiger partial charge in [-0.05, 0) is 6.42 Å². The normalized spacial score (nSPS) is 20.4. The van der Waals surface area contributed by atoms with Crippen molar-refractivity contribution in [1.29, 1.82) is 0 Å². The van der Waals surface area contributed by atoms with Gasteiger partial charge < -0.3 is 14.7 Å². The second-order valence-electron chi connectivity index (χ2n) is 4.79. The minimum absolute atomic E-state index is 0.150. The maximum absolute atomic E-state index is 12.6. The molecule has 8 nitrogen and oxygen atoms in total. The van der Waals surface area contributed by atoms with E-state index < -0.39 is 45.8 Å². The first kappa shape index (κ1) is 17.3. The van der Waals surface area contributed by atoms with Gasteiger partial charge in [0.1, 0.15) is 6.04 Å². The zero-order valence-electron chi connectivity index (χ0n) is 11.3. The van der Waals surface area contributed by atoms with Crippen LogP contribution < -0.4 is 0 Å². The molecule has 0 bridgehead atoms. The summed E-state index contributed by atoms with van der Waals surface area (Å²) in [5.41, 5.74) is 0. The Balaban J connectivity index is 2.73. The lowest BCUT2D eigenvalue weighted by atomic mass is 10.1. The van der Waals surface area contributed by atoms with E-state index in [4.69, 9.17) is 5.11 Å². The van der Waals surface area contributed by atoms with Crippen LogP contribution >= 0.6 is 0 Å². The SMILES string of the molecule is COC(=O)CC[C@@H](C(=O)O)N1CC(CS(=O)(=O)F)CC1=O. The quantitative estimate of drug-likeness (QED) is 0.497. The van der Waals surface area contributed by atoms with Gasteiger partial charge in [0.2, 0.25) is 5.91 Å². The van der Waals surface area contributed by atoms with E-state index in [0.29, 0.717) is 0 Å². The van der Waals surface area contributed by atoms with Crippen LogP contribution in [0.15, 0.2) is 0 Å². The van der Waals surface area contributed by atoms with Crippen molar-refractivity contribution in [2.75, 3.05) is 19.4 Å². The van der Waals surface area contributed by atoms with Gasteiger partial charge in [-0.2, -0.15) is 8.42 Å². The molecular weight excluding hydrogens is 309 g/mol. The second kappa shape index (κ2) is 6.83. The Kier molecular flexibility index (Phi) is 5.64. The predicted molar refractivity (Wildman–Crippen MR) is 67.4 cm³/mol. The minimum atomic E-state index is -4.73.